The minimum absolute atomic E-state index is 0.0238. The molecule has 3 aliphatic heterocycles. The van der Waals surface area contributed by atoms with Crippen molar-refractivity contribution in [2.45, 2.75) is 109 Å². The smallest absolute Gasteiger partial charge is 0.325 e. The minimum atomic E-state index is -4.60. The number of carbonyl (C=O) groups excluding carboxylic acids is 6. The minimum Gasteiger partial charge on any atom is -0.325 e. The van der Waals surface area contributed by atoms with Crippen LogP contribution >= 0.6 is 0 Å². The molecule has 0 radical (unpaired) electrons. The first-order valence-electron chi connectivity index (χ1n) is 24.7. The molecule has 0 spiro atoms. The van der Waals surface area contributed by atoms with Crippen molar-refractivity contribution in [3.05, 3.63) is 118 Å². The van der Waals surface area contributed by atoms with Crippen molar-refractivity contribution in [1.82, 2.24) is 35.2 Å². The summed E-state index contributed by atoms with van der Waals surface area (Å²) in [6, 6.07) is 14.4. The third-order valence-corrected chi connectivity index (χ3v) is 13.5. The van der Waals surface area contributed by atoms with E-state index in [0.29, 0.717) is 36.3 Å². The summed E-state index contributed by atoms with van der Waals surface area (Å²) in [5, 5.41) is 15.2. The first-order chi connectivity index (χ1) is 34.7. The molecule has 2 fully saturated rings. The van der Waals surface area contributed by atoms with E-state index in [1.54, 1.807) is 42.7 Å². The Morgan fingerprint density at radius 2 is 1.51 bits per heavy atom. The van der Waals surface area contributed by atoms with E-state index in [2.05, 4.69) is 52.8 Å². The lowest BCUT2D eigenvalue weighted by molar-refractivity contribution is -0.138. The summed E-state index contributed by atoms with van der Waals surface area (Å²) < 4.78 is 43.2. The highest BCUT2D eigenvalue weighted by Crippen LogP contribution is 2.36. The standard InChI is InChI=1S/C54H58F3N9O6/c1-35-16-18-38(30-37(35)19-17-36-29-40-33-59-63-49(40)58-32-36)50(69)60-41-21-20-39(43(31-41)54(55,56)57)34-65-27-25-64(26-28-65)24-11-9-7-5-3-2-4-6-8-10-15-46(67)61-44-14-12-13-42-48(44)53(72)66(52(42)71)45-22-23-47(68)62-51(45)70/h12-14,16,18,20-21,29-33,45H,2-11,15,22-28,34H2,1H3,(H,60,69)(H,61,67)(H,58,59,63)(H,62,68,70). The number of carbonyl (C=O) groups is 6. The first kappa shape index (κ1) is 51.1. The van der Waals surface area contributed by atoms with Gasteiger partial charge in [0.15, 0.2) is 5.65 Å². The Labute approximate surface area is 415 Å². The monoisotopic (exact) mass is 985 g/mol. The van der Waals surface area contributed by atoms with Gasteiger partial charge in [-0.05, 0) is 86.3 Å². The number of amides is 6. The maximum absolute atomic E-state index is 14.4. The molecule has 5 aromatic rings. The van der Waals surface area contributed by atoms with Crippen LogP contribution in [0.25, 0.3) is 11.0 Å². The third-order valence-electron chi connectivity index (χ3n) is 13.5. The Hall–Kier alpha value is -7.23. The number of fused-ring (bicyclic) bond motifs is 2. The molecule has 1 unspecified atom stereocenters. The molecule has 6 amide bonds. The highest BCUT2D eigenvalue weighted by atomic mass is 19.4. The van der Waals surface area contributed by atoms with Gasteiger partial charge in [0.1, 0.15) is 6.04 Å². The van der Waals surface area contributed by atoms with Crippen molar-refractivity contribution in [2.75, 3.05) is 43.4 Å². The van der Waals surface area contributed by atoms with Gasteiger partial charge >= 0.3 is 6.18 Å². The molecule has 72 heavy (non-hydrogen) atoms. The molecule has 3 aromatic carbocycles. The second-order valence-electron chi connectivity index (χ2n) is 18.8. The summed E-state index contributed by atoms with van der Waals surface area (Å²) in [6.45, 7) is 5.89. The van der Waals surface area contributed by atoms with Crippen molar-refractivity contribution < 1.29 is 41.9 Å². The number of nitrogens with zero attached hydrogens (tertiary/aromatic N) is 5. The number of rotatable bonds is 19. The highest BCUT2D eigenvalue weighted by Gasteiger charge is 2.46. The van der Waals surface area contributed by atoms with Crippen LogP contribution in [-0.2, 0) is 27.1 Å². The fraction of sp³-hybridized carbons (Fsp3) is 0.407. The highest BCUT2D eigenvalue weighted by molar-refractivity contribution is 6.26. The zero-order valence-corrected chi connectivity index (χ0v) is 40.3. The number of hydrogen-bond donors (Lipinski definition) is 4. The van der Waals surface area contributed by atoms with E-state index < -0.39 is 47.3 Å². The van der Waals surface area contributed by atoms with E-state index in [1.165, 1.54) is 18.2 Å². The number of H-pyrrole nitrogens is 1. The predicted molar refractivity (Wildman–Crippen MR) is 265 cm³/mol. The number of nitrogens with one attached hydrogen (secondary N) is 4. The summed E-state index contributed by atoms with van der Waals surface area (Å²) in [5.74, 6) is 2.93. The molecular weight excluding hydrogens is 928 g/mol. The molecule has 2 aromatic heterocycles. The van der Waals surface area contributed by atoms with Crippen LogP contribution in [0.4, 0.5) is 24.5 Å². The van der Waals surface area contributed by atoms with Crippen LogP contribution in [0.5, 0.6) is 0 Å². The van der Waals surface area contributed by atoms with Gasteiger partial charge < -0.3 is 15.5 Å². The maximum Gasteiger partial charge on any atom is 0.416 e. The molecule has 4 N–H and O–H groups in total. The fourth-order valence-corrected chi connectivity index (χ4v) is 9.48. The van der Waals surface area contributed by atoms with Crippen molar-refractivity contribution >= 4 is 57.9 Å². The van der Waals surface area contributed by atoms with Crippen molar-refractivity contribution in [3.63, 3.8) is 0 Å². The van der Waals surface area contributed by atoms with Crippen LogP contribution in [-0.4, -0.2) is 104 Å². The molecule has 18 heteroatoms. The fourth-order valence-electron chi connectivity index (χ4n) is 9.48. The van der Waals surface area contributed by atoms with Crippen LogP contribution < -0.4 is 16.0 Å². The molecule has 0 saturated carbocycles. The van der Waals surface area contributed by atoms with Gasteiger partial charge in [0.05, 0.1) is 28.6 Å². The maximum atomic E-state index is 14.4. The lowest BCUT2D eigenvalue weighted by Gasteiger charge is -2.35. The quantitative estimate of drug-likeness (QED) is 0.0355. The molecular formula is C54H58F3N9O6. The summed E-state index contributed by atoms with van der Waals surface area (Å²) in [5.41, 5.74) is 2.92. The second-order valence-corrected chi connectivity index (χ2v) is 18.8. The normalized spacial score (nSPS) is 16.4. The number of benzene rings is 3. The number of imide groups is 2. The summed E-state index contributed by atoms with van der Waals surface area (Å²) in [4.78, 5) is 86.1. The van der Waals surface area contributed by atoms with Gasteiger partial charge in [-0.15, -0.1) is 0 Å². The number of halogens is 3. The van der Waals surface area contributed by atoms with E-state index in [-0.39, 0.29) is 65.3 Å². The van der Waals surface area contributed by atoms with Crippen LogP contribution in [0.2, 0.25) is 0 Å². The average molecular weight is 986 g/mol. The van der Waals surface area contributed by atoms with Gasteiger partial charge in [-0.2, -0.15) is 18.3 Å². The molecule has 376 valence electrons. The molecule has 15 nitrogen and oxygen atoms in total. The molecule has 3 aliphatic rings. The number of aromatic amines is 1. The number of aromatic nitrogens is 3. The predicted octanol–water partition coefficient (Wildman–Crippen LogP) is 8.39. The van der Waals surface area contributed by atoms with E-state index in [9.17, 15) is 41.9 Å². The van der Waals surface area contributed by atoms with Gasteiger partial charge in [0.25, 0.3) is 17.7 Å². The van der Waals surface area contributed by atoms with E-state index in [1.807, 2.05) is 13.0 Å². The van der Waals surface area contributed by atoms with Crippen molar-refractivity contribution in [1.29, 1.82) is 0 Å². The topological polar surface area (TPSA) is 190 Å². The Balaban J connectivity index is 0.682. The summed E-state index contributed by atoms with van der Waals surface area (Å²) >= 11 is 0. The van der Waals surface area contributed by atoms with Crippen LogP contribution in [0.3, 0.4) is 0 Å². The molecule has 2 saturated heterocycles. The lowest BCUT2D eigenvalue weighted by atomic mass is 10.0. The van der Waals surface area contributed by atoms with Gasteiger partial charge in [-0.1, -0.05) is 81.4 Å². The molecule has 5 heterocycles. The summed E-state index contributed by atoms with van der Waals surface area (Å²) in [6.07, 6.45) is 9.43. The number of aryl methyl sites for hydroxylation is 1. The van der Waals surface area contributed by atoms with E-state index in [4.69, 9.17) is 0 Å². The van der Waals surface area contributed by atoms with E-state index in [0.717, 1.165) is 99.3 Å². The van der Waals surface area contributed by atoms with Gasteiger partial charge in [-0.25, -0.2) is 4.98 Å². The second kappa shape index (κ2) is 23.3. The number of piperazine rings is 1. The molecule has 0 bridgehead atoms. The number of piperidine rings is 1. The number of pyridine rings is 1. The number of alkyl halides is 3. The summed E-state index contributed by atoms with van der Waals surface area (Å²) in [7, 11) is 0. The van der Waals surface area contributed by atoms with Crippen LogP contribution in [0.1, 0.15) is 142 Å². The largest absolute Gasteiger partial charge is 0.416 e. The average Bonchev–Trinajstić information content (AvgIpc) is 3.93. The van der Waals surface area contributed by atoms with Gasteiger partial charge in [-0.3, -0.25) is 49.0 Å². The molecule has 8 rings (SSSR count). The van der Waals surface area contributed by atoms with E-state index >= 15 is 0 Å². The Bertz CT molecular complexity index is 2920. The number of unbranched alkanes of at least 4 members (excludes halogenated alkanes) is 9. The SMILES string of the molecule is Cc1ccc(C(=O)Nc2ccc(CN3CCN(CCCCCCCCCCCCC(=O)Nc4cccc5c4C(=O)N(C4CCC(=O)NC4=O)C5=O)CC3)c(C(F)(F)F)c2)cc1C#Cc1cnc2[nH]ncc2c1. The Kier molecular flexibility index (Phi) is 16.6. The number of hydrogen-bond acceptors (Lipinski definition) is 10. The molecule has 0 aliphatic carbocycles. The zero-order chi connectivity index (χ0) is 50.8. The van der Waals surface area contributed by atoms with Crippen molar-refractivity contribution in [3.8, 4) is 11.8 Å². The van der Waals surface area contributed by atoms with Crippen molar-refractivity contribution in [2.24, 2.45) is 0 Å². The molecule has 1 atom stereocenters. The Morgan fingerprint density at radius 3 is 2.25 bits per heavy atom. The first-order valence-corrected chi connectivity index (χ1v) is 24.7. The van der Waals surface area contributed by atoms with Crippen LogP contribution in [0.15, 0.2) is 73.1 Å². The zero-order valence-electron chi connectivity index (χ0n) is 40.3. The van der Waals surface area contributed by atoms with Crippen LogP contribution in [0, 0.1) is 18.8 Å². The van der Waals surface area contributed by atoms with Gasteiger partial charge in [0.2, 0.25) is 17.7 Å². The third kappa shape index (κ3) is 12.8. The lowest BCUT2D eigenvalue weighted by Crippen LogP contribution is -2.54. The number of anilines is 2. The van der Waals surface area contributed by atoms with Gasteiger partial charge in [0, 0.05) is 79.5 Å². The Morgan fingerprint density at radius 1 is 0.792 bits per heavy atom.